The van der Waals surface area contributed by atoms with Crippen molar-refractivity contribution in [2.24, 2.45) is 0 Å². The first-order chi connectivity index (χ1) is 7.27. The van der Waals surface area contributed by atoms with Gasteiger partial charge in [0.25, 0.3) is 0 Å². The van der Waals surface area contributed by atoms with E-state index in [1.807, 2.05) is 0 Å². The van der Waals surface area contributed by atoms with Gasteiger partial charge in [0.1, 0.15) is 0 Å². The van der Waals surface area contributed by atoms with E-state index in [1.54, 1.807) is 5.57 Å². The number of halogens is 1. The molecule has 1 heterocycles. The highest BCUT2D eigenvalue weighted by Gasteiger charge is 2.14. The van der Waals surface area contributed by atoms with Crippen LogP contribution in [0.1, 0.15) is 25.7 Å². The minimum atomic E-state index is 1.19. The van der Waals surface area contributed by atoms with Crippen molar-refractivity contribution in [2.45, 2.75) is 25.7 Å². The van der Waals surface area contributed by atoms with Gasteiger partial charge in [0.2, 0.25) is 0 Å². The molecule has 0 aromatic rings. The molecule has 0 unspecified atom stereocenters. The Bertz CT molecular complexity index is 315. The number of allylic oxidation sites excluding steroid dienone is 5. The molecule has 1 saturated heterocycles. The van der Waals surface area contributed by atoms with Crippen molar-refractivity contribution in [2.75, 3.05) is 20.1 Å². The predicted molar refractivity (Wildman–Crippen MR) is 69.1 cm³/mol. The molecule has 1 aliphatic carbocycles. The van der Waals surface area contributed by atoms with Crippen LogP contribution in [0.2, 0.25) is 0 Å². The van der Waals surface area contributed by atoms with Gasteiger partial charge in [-0.3, -0.25) is 0 Å². The molecule has 1 fully saturated rings. The summed E-state index contributed by atoms with van der Waals surface area (Å²) in [6, 6.07) is 0. The standard InChI is InChI=1S/C13H18BrN/c1-15-9-7-12(8-10-15)13(14)11-5-3-2-4-6-11/h3,5-6H,2,4,7-10H2,1H3. The van der Waals surface area contributed by atoms with Crippen molar-refractivity contribution in [3.8, 4) is 0 Å². The molecule has 2 rings (SSSR count). The topological polar surface area (TPSA) is 3.24 Å². The molecule has 0 N–H and O–H groups in total. The molecule has 0 aromatic carbocycles. The Kier molecular flexibility index (Phi) is 3.81. The summed E-state index contributed by atoms with van der Waals surface area (Å²) in [6.45, 7) is 2.39. The van der Waals surface area contributed by atoms with E-state index in [0.29, 0.717) is 0 Å². The highest BCUT2D eigenvalue weighted by molar-refractivity contribution is 9.12. The lowest BCUT2D eigenvalue weighted by Crippen LogP contribution is -2.26. The number of piperidine rings is 1. The Morgan fingerprint density at radius 3 is 2.60 bits per heavy atom. The third-order valence-corrected chi connectivity index (χ3v) is 4.17. The van der Waals surface area contributed by atoms with Crippen LogP contribution in [0.5, 0.6) is 0 Å². The van der Waals surface area contributed by atoms with Crippen LogP contribution in [0.25, 0.3) is 0 Å². The van der Waals surface area contributed by atoms with E-state index >= 15 is 0 Å². The van der Waals surface area contributed by atoms with Crippen molar-refractivity contribution >= 4 is 15.9 Å². The van der Waals surface area contributed by atoms with Crippen molar-refractivity contribution < 1.29 is 0 Å². The normalized spacial score (nSPS) is 22.8. The molecule has 82 valence electrons. The van der Waals surface area contributed by atoms with E-state index in [2.05, 4.69) is 46.1 Å². The lowest BCUT2D eigenvalue weighted by molar-refractivity contribution is 0.312. The average Bonchev–Trinajstić information content (AvgIpc) is 2.30. The average molecular weight is 268 g/mol. The highest BCUT2D eigenvalue weighted by Crippen LogP contribution is 2.30. The van der Waals surface area contributed by atoms with E-state index in [-0.39, 0.29) is 0 Å². The van der Waals surface area contributed by atoms with Crippen LogP contribution in [0.15, 0.2) is 33.9 Å². The second-order valence-electron chi connectivity index (χ2n) is 4.36. The summed E-state index contributed by atoms with van der Waals surface area (Å²) >= 11 is 3.76. The quantitative estimate of drug-likeness (QED) is 0.701. The molecular weight excluding hydrogens is 250 g/mol. The third kappa shape index (κ3) is 2.82. The Morgan fingerprint density at radius 2 is 2.00 bits per heavy atom. The van der Waals surface area contributed by atoms with Crippen LogP contribution in [0.3, 0.4) is 0 Å². The van der Waals surface area contributed by atoms with E-state index in [1.165, 1.54) is 48.8 Å². The molecule has 2 heteroatoms. The summed E-state index contributed by atoms with van der Waals surface area (Å²) in [4.78, 5) is 2.40. The summed E-state index contributed by atoms with van der Waals surface area (Å²) in [7, 11) is 2.20. The number of nitrogens with zero attached hydrogens (tertiary/aromatic N) is 1. The van der Waals surface area contributed by atoms with Gasteiger partial charge in [-0.1, -0.05) is 39.7 Å². The van der Waals surface area contributed by atoms with Gasteiger partial charge in [0.15, 0.2) is 0 Å². The van der Waals surface area contributed by atoms with Crippen LogP contribution in [-0.2, 0) is 0 Å². The minimum absolute atomic E-state index is 1.19. The molecule has 0 bridgehead atoms. The maximum absolute atomic E-state index is 3.76. The lowest BCUT2D eigenvalue weighted by Gasteiger charge is -2.25. The van der Waals surface area contributed by atoms with Crippen LogP contribution in [0, 0.1) is 0 Å². The maximum atomic E-state index is 3.76. The molecule has 0 radical (unpaired) electrons. The predicted octanol–water partition coefficient (Wildman–Crippen LogP) is 3.64. The van der Waals surface area contributed by atoms with Crippen molar-refractivity contribution in [3.63, 3.8) is 0 Å². The van der Waals surface area contributed by atoms with Gasteiger partial charge in [-0.05, 0) is 38.3 Å². The van der Waals surface area contributed by atoms with Crippen molar-refractivity contribution in [1.29, 1.82) is 0 Å². The molecule has 0 aromatic heterocycles. The van der Waals surface area contributed by atoms with Gasteiger partial charge in [0, 0.05) is 17.6 Å². The number of hydrogen-bond acceptors (Lipinski definition) is 1. The van der Waals surface area contributed by atoms with E-state index in [4.69, 9.17) is 0 Å². The first-order valence-electron chi connectivity index (χ1n) is 5.70. The minimum Gasteiger partial charge on any atom is -0.306 e. The van der Waals surface area contributed by atoms with Gasteiger partial charge in [-0.2, -0.15) is 0 Å². The Hall–Kier alpha value is -0.340. The van der Waals surface area contributed by atoms with Crippen molar-refractivity contribution in [3.05, 3.63) is 33.9 Å². The van der Waals surface area contributed by atoms with Gasteiger partial charge in [0.05, 0.1) is 0 Å². The fraction of sp³-hybridized carbons (Fsp3) is 0.538. The van der Waals surface area contributed by atoms with E-state index in [9.17, 15) is 0 Å². The third-order valence-electron chi connectivity index (χ3n) is 3.15. The molecule has 0 saturated carbocycles. The maximum Gasteiger partial charge on any atom is 0.0237 e. The number of rotatable bonds is 1. The van der Waals surface area contributed by atoms with Crippen LogP contribution < -0.4 is 0 Å². The molecule has 1 nitrogen and oxygen atoms in total. The zero-order valence-corrected chi connectivity index (χ0v) is 10.9. The molecule has 2 aliphatic rings. The Morgan fingerprint density at radius 1 is 1.27 bits per heavy atom. The molecule has 0 atom stereocenters. The van der Waals surface area contributed by atoms with Crippen molar-refractivity contribution in [1.82, 2.24) is 4.90 Å². The molecular formula is C13H18BrN. The fourth-order valence-corrected chi connectivity index (χ4v) is 2.78. The van der Waals surface area contributed by atoms with Gasteiger partial charge < -0.3 is 4.90 Å². The van der Waals surface area contributed by atoms with Gasteiger partial charge in [-0.15, -0.1) is 0 Å². The highest BCUT2D eigenvalue weighted by atomic mass is 79.9. The van der Waals surface area contributed by atoms with Crippen LogP contribution in [0.4, 0.5) is 0 Å². The van der Waals surface area contributed by atoms with E-state index < -0.39 is 0 Å². The van der Waals surface area contributed by atoms with Crippen LogP contribution >= 0.6 is 15.9 Å². The summed E-state index contributed by atoms with van der Waals surface area (Å²) in [5.74, 6) is 0. The largest absolute Gasteiger partial charge is 0.306 e. The number of hydrogen-bond donors (Lipinski definition) is 0. The Labute approximate surface area is 101 Å². The summed E-state index contributed by atoms with van der Waals surface area (Å²) in [5.41, 5.74) is 2.98. The van der Waals surface area contributed by atoms with Gasteiger partial charge >= 0.3 is 0 Å². The first-order valence-corrected chi connectivity index (χ1v) is 6.50. The zero-order chi connectivity index (χ0) is 10.7. The molecule has 1 aliphatic heterocycles. The number of likely N-dealkylation sites (tertiary alicyclic amines) is 1. The molecule has 15 heavy (non-hydrogen) atoms. The summed E-state index contributed by atoms with van der Waals surface area (Å²) in [5, 5.41) is 0. The monoisotopic (exact) mass is 267 g/mol. The fourth-order valence-electron chi connectivity index (χ4n) is 2.09. The van der Waals surface area contributed by atoms with Gasteiger partial charge in [-0.25, -0.2) is 0 Å². The second-order valence-corrected chi connectivity index (χ2v) is 5.15. The van der Waals surface area contributed by atoms with Crippen LogP contribution in [-0.4, -0.2) is 25.0 Å². The summed E-state index contributed by atoms with van der Waals surface area (Å²) in [6.07, 6.45) is 11.7. The van der Waals surface area contributed by atoms with E-state index in [0.717, 1.165) is 0 Å². The Balaban J connectivity index is 2.11. The summed E-state index contributed by atoms with van der Waals surface area (Å²) < 4.78 is 1.35. The zero-order valence-electron chi connectivity index (χ0n) is 9.30. The SMILES string of the molecule is CN1CCC(=C(Br)C2=CCCC=C2)CC1. The molecule has 0 amide bonds. The smallest absolute Gasteiger partial charge is 0.0237 e. The lowest BCUT2D eigenvalue weighted by atomic mass is 9.98. The first kappa shape index (κ1) is 11.2. The second kappa shape index (κ2) is 5.13. The molecule has 0 spiro atoms.